The number of hydrogen-bond donors (Lipinski definition) is 1. The third kappa shape index (κ3) is 4.32. The second-order valence-electron chi connectivity index (χ2n) is 2.02. The van der Waals surface area contributed by atoms with Gasteiger partial charge in [-0.2, -0.15) is 0 Å². The van der Waals surface area contributed by atoms with Crippen LogP contribution < -0.4 is 0 Å². The number of carboxylic acid groups (broad SMARTS) is 1. The number of hydrogen-bond acceptors (Lipinski definition) is 4. The lowest BCUT2D eigenvalue weighted by molar-refractivity contribution is -0.168. The number of carbonyl (C=O) groups is 2. The summed E-state index contributed by atoms with van der Waals surface area (Å²) in [5.41, 5.74) is 0. The molecule has 0 saturated carbocycles. The Kier molecular flexibility index (Phi) is 4.52. The summed E-state index contributed by atoms with van der Waals surface area (Å²) in [5.74, 6) is -2.89. The van der Waals surface area contributed by atoms with Crippen LogP contribution >= 0.6 is 0 Å². The summed E-state index contributed by atoms with van der Waals surface area (Å²) in [6.45, 7) is 4.89. The van der Waals surface area contributed by atoms with Gasteiger partial charge in [0.25, 0.3) is 0 Å². The average Bonchev–Trinajstić information content (AvgIpc) is 2.00. The Balaban J connectivity index is 3.68. The van der Waals surface area contributed by atoms with Crippen molar-refractivity contribution >= 4 is 11.9 Å². The number of rotatable bonds is 4. The molecule has 1 atom stereocenters. The van der Waals surface area contributed by atoms with Gasteiger partial charge in [-0.15, -0.1) is 0 Å². The third-order valence-electron chi connectivity index (χ3n) is 0.932. The van der Waals surface area contributed by atoms with E-state index in [1.54, 1.807) is 0 Å². The Morgan fingerprint density at radius 2 is 2.25 bits per heavy atom. The maximum Gasteiger partial charge on any atom is 0.417 e. The number of carboxylic acids is 1. The summed E-state index contributed by atoms with van der Waals surface area (Å²) in [4.78, 5) is 20.4. The topological polar surface area (TPSA) is 72.8 Å². The number of aliphatic carboxylic acids is 1. The van der Waals surface area contributed by atoms with Crippen LogP contribution in [0.5, 0.6) is 0 Å². The smallest absolute Gasteiger partial charge is 0.417 e. The van der Waals surface area contributed by atoms with Gasteiger partial charge in [-0.25, -0.2) is 9.59 Å². The highest BCUT2D eigenvalue weighted by Gasteiger charge is 2.16. The maximum atomic E-state index is 10.4. The van der Waals surface area contributed by atoms with Crippen LogP contribution in [0.3, 0.4) is 0 Å². The van der Waals surface area contributed by atoms with Gasteiger partial charge >= 0.3 is 11.9 Å². The normalized spacial score (nSPS) is 11.4. The first-order chi connectivity index (χ1) is 5.57. The van der Waals surface area contributed by atoms with E-state index in [-0.39, 0.29) is 6.61 Å². The summed E-state index contributed by atoms with van der Waals surface area (Å²) in [6.07, 6.45) is 0.595. The minimum absolute atomic E-state index is 0.0997. The van der Waals surface area contributed by atoms with E-state index >= 15 is 0 Å². The van der Waals surface area contributed by atoms with Crippen LogP contribution in [0.2, 0.25) is 0 Å². The van der Waals surface area contributed by atoms with E-state index in [9.17, 15) is 9.59 Å². The van der Waals surface area contributed by atoms with Crippen molar-refractivity contribution < 1.29 is 24.2 Å². The molecule has 0 aromatic heterocycles. The molecule has 5 heteroatoms. The molecular formula is C7H10O5. The molecule has 0 radical (unpaired) electrons. The molecule has 0 aromatic rings. The van der Waals surface area contributed by atoms with E-state index in [4.69, 9.17) is 5.11 Å². The molecule has 0 aliphatic heterocycles. The van der Waals surface area contributed by atoms with Gasteiger partial charge in [0.15, 0.2) is 0 Å². The Labute approximate surface area is 69.6 Å². The highest BCUT2D eigenvalue weighted by molar-refractivity contribution is 6.28. The van der Waals surface area contributed by atoms with Crippen LogP contribution in [0, 0.1) is 0 Å². The van der Waals surface area contributed by atoms with Crippen LogP contribution in [0.4, 0.5) is 0 Å². The molecule has 68 valence electrons. The van der Waals surface area contributed by atoms with Crippen molar-refractivity contribution in [3.05, 3.63) is 12.8 Å². The summed E-state index contributed by atoms with van der Waals surface area (Å²) < 4.78 is 9.07. The Bertz CT molecular complexity index is 186. The standard InChI is InChI=1S/C7H10O5/c1-3-11-4-5(2)12-7(10)6(8)9/h3,5H,1,4H2,2H3,(H,8,9). The van der Waals surface area contributed by atoms with Gasteiger partial charge in [0.2, 0.25) is 0 Å². The first-order valence-electron chi connectivity index (χ1n) is 3.24. The van der Waals surface area contributed by atoms with E-state index in [2.05, 4.69) is 16.1 Å². The molecule has 0 rings (SSSR count). The zero-order valence-corrected chi connectivity index (χ0v) is 6.65. The summed E-state index contributed by atoms with van der Waals surface area (Å²) in [7, 11) is 0. The molecule has 0 bridgehead atoms. The van der Waals surface area contributed by atoms with Crippen molar-refractivity contribution in [3.63, 3.8) is 0 Å². The number of ether oxygens (including phenoxy) is 2. The van der Waals surface area contributed by atoms with Crippen LogP contribution in [0.25, 0.3) is 0 Å². The van der Waals surface area contributed by atoms with Crippen LogP contribution in [-0.2, 0) is 19.1 Å². The van der Waals surface area contributed by atoms with Gasteiger partial charge in [0.1, 0.15) is 12.7 Å². The molecular weight excluding hydrogens is 164 g/mol. The van der Waals surface area contributed by atoms with Gasteiger partial charge in [-0.1, -0.05) is 6.58 Å². The molecule has 0 amide bonds. The van der Waals surface area contributed by atoms with Crippen molar-refractivity contribution in [2.24, 2.45) is 0 Å². The van der Waals surface area contributed by atoms with Gasteiger partial charge in [-0.3, -0.25) is 0 Å². The zero-order valence-electron chi connectivity index (χ0n) is 6.65. The minimum atomic E-state index is -1.61. The Morgan fingerprint density at radius 3 is 2.67 bits per heavy atom. The average molecular weight is 174 g/mol. The highest BCUT2D eigenvalue weighted by Crippen LogP contribution is 1.92. The predicted octanol–water partition coefficient (Wildman–Crippen LogP) is 0.163. The van der Waals surface area contributed by atoms with Crippen LogP contribution in [0.15, 0.2) is 12.8 Å². The van der Waals surface area contributed by atoms with Crippen molar-refractivity contribution in [1.29, 1.82) is 0 Å². The van der Waals surface area contributed by atoms with Crippen molar-refractivity contribution in [3.8, 4) is 0 Å². The van der Waals surface area contributed by atoms with Crippen LogP contribution in [-0.4, -0.2) is 29.8 Å². The molecule has 5 nitrogen and oxygen atoms in total. The first-order valence-corrected chi connectivity index (χ1v) is 3.24. The molecule has 0 saturated heterocycles. The second-order valence-corrected chi connectivity index (χ2v) is 2.02. The van der Waals surface area contributed by atoms with E-state index in [1.165, 1.54) is 13.2 Å². The van der Waals surface area contributed by atoms with E-state index < -0.39 is 18.0 Å². The monoisotopic (exact) mass is 174 g/mol. The molecule has 0 spiro atoms. The Hall–Kier alpha value is -1.52. The molecule has 0 fully saturated rings. The molecule has 1 unspecified atom stereocenters. The lowest BCUT2D eigenvalue weighted by atomic mass is 10.4. The fourth-order valence-electron chi connectivity index (χ4n) is 0.471. The third-order valence-corrected chi connectivity index (χ3v) is 0.932. The van der Waals surface area contributed by atoms with E-state index in [0.29, 0.717) is 0 Å². The molecule has 12 heavy (non-hydrogen) atoms. The largest absolute Gasteiger partial charge is 0.498 e. The molecule has 0 aliphatic rings. The van der Waals surface area contributed by atoms with Gasteiger partial charge in [-0.05, 0) is 6.92 Å². The number of carbonyl (C=O) groups excluding carboxylic acids is 1. The van der Waals surface area contributed by atoms with Gasteiger partial charge in [0, 0.05) is 0 Å². The molecule has 0 aliphatic carbocycles. The van der Waals surface area contributed by atoms with E-state index in [1.807, 2.05) is 0 Å². The lowest BCUT2D eigenvalue weighted by Crippen LogP contribution is -2.24. The minimum Gasteiger partial charge on any atom is -0.498 e. The number of esters is 1. The van der Waals surface area contributed by atoms with Crippen molar-refractivity contribution in [2.75, 3.05) is 6.61 Å². The summed E-state index contributed by atoms with van der Waals surface area (Å²) in [5, 5.41) is 8.12. The molecule has 1 N–H and O–H groups in total. The SMILES string of the molecule is C=COCC(C)OC(=O)C(=O)O. The van der Waals surface area contributed by atoms with E-state index in [0.717, 1.165) is 0 Å². The fourth-order valence-corrected chi connectivity index (χ4v) is 0.471. The molecule has 0 heterocycles. The van der Waals surface area contributed by atoms with Gasteiger partial charge in [0.05, 0.1) is 6.26 Å². The quantitative estimate of drug-likeness (QED) is 0.373. The highest BCUT2D eigenvalue weighted by atomic mass is 16.6. The Morgan fingerprint density at radius 1 is 1.67 bits per heavy atom. The molecule has 0 aromatic carbocycles. The summed E-state index contributed by atoms with van der Waals surface area (Å²) >= 11 is 0. The predicted molar refractivity (Wildman–Crippen MR) is 39.3 cm³/mol. The van der Waals surface area contributed by atoms with Gasteiger partial charge < -0.3 is 14.6 Å². The first kappa shape index (κ1) is 10.5. The maximum absolute atomic E-state index is 10.4. The fraction of sp³-hybridized carbons (Fsp3) is 0.429. The zero-order chi connectivity index (χ0) is 9.56. The second kappa shape index (κ2) is 5.17. The van der Waals surface area contributed by atoms with Crippen molar-refractivity contribution in [2.45, 2.75) is 13.0 Å². The summed E-state index contributed by atoms with van der Waals surface area (Å²) in [6, 6.07) is 0. The van der Waals surface area contributed by atoms with Crippen molar-refractivity contribution in [1.82, 2.24) is 0 Å². The van der Waals surface area contributed by atoms with Crippen LogP contribution in [0.1, 0.15) is 6.92 Å². The lowest BCUT2D eigenvalue weighted by Gasteiger charge is -2.09.